The minimum Gasteiger partial charge on any atom is -0.352 e. The molecule has 4 rings (SSSR count). The number of halogens is 3. The van der Waals surface area contributed by atoms with E-state index >= 15 is 0 Å². The van der Waals surface area contributed by atoms with Gasteiger partial charge in [-0.1, -0.05) is 84.0 Å². The Kier molecular flexibility index (Phi) is 10.8. The standard InChI is InChI=1S/C31H34Cl3N3O4S/c1-21-16-24(32)14-15-28(21)37(42(2,40)41)20-30(38)36(19-23-12-13-25(33)18-27(23)34)29(17-22-8-4-3-5-9-22)31(39)35-26-10-6-7-11-26/h3-5,8-9,12-16,18,26,29H,6-7,10-11,17,19-20H2,1-2H3,(H,35,39)/t29-/m1/s1. The molecule has 1 atom stereocenters. The molecule has 1 N–H and O–H groups in total. The molecule has 11 heteroatoms. The lowest BCUT2D eigenvalue weighted by Gasteiger charge is -2.34. The van der Waals surface area contributed by atoms with Crippen molar-refractivity contribution in [2.24, 2.45) is 0 Å². The van der Waals surface area contributed by atoms with Gasteiger partial charge in [-0.2, -0.15) is 0 Å². The molecule has 3 aromatic rings. The first-order valence-electron chi connectivity index (χ1n) is 13.7. The van der Waals surface area contributed by atoms with Gasteiger partial charge in [0.15, 0.2) is 0 Å². The largest absolute Gasteiger partial charge is 0.352 e. The minimum absolute atomic E-state index is 0.0241. The summed E-state index contributed by atoms with van der Waals surface area (Å²) in [5.74, 6) is -0.846. The Morgan fingerprint density at radius 2 is 1.60 bits per heavy atom. The number of rotatable bonds is 11. The number of nitrogens with zero attached hydrogens (tertiary/aromatic N) is 2. The highest BCUT2D eigenvalue weighted by Gasteiger charge is 2.34. The molecule has 224 valence electrons. The molecule has 0 unspecified atom stereocenters. The topological polar surface area (TPSA) is 86.8 Å². The van der Waals surface area contributed by atoms with Crippen LogP contribution in [0.2, 0.25) is 15.1 Å². The third-order valence-corrected chi connectivity index (χ3v) is 9.38. The van der Waals surface area contributed by atoms with Gasteiger partial charge >= 0.3 is 0 Å². The van der Waals surface area contributed by atoms with Gasteiger partial charge in [0.2, 0.25) is 21.8 Å². The average Bonchev–Trinajstić information content (AvgIpc) is 3.43. The van der Waals surface area contributed by atoms with Crippen LogP contribution in [0, 0.1) is 6.92 Å². The lowest BCUT2D eigenvalue weighted by Crippen LogP contribution is -2.54. The van der Waals surface area contributed by atoms with Gasteiger partial charge in [0.1, 0.15) is 12.6 Å². The lowest BCUT2D eigenvalue weighted by atomic mass is 10.0. The van der Waals surface area contributed by atoms with Gasteiger partial charge < -0.3 is 10.2 Å². The van der Waals surface area contributed by atoms with Crippen molar-refractivity contribution in [2.45, 2.75) is 57.7 Å². The van der Waals surface area contributed by atoms with E-state index in [2.05, 4.69) is 5.32 Å². The lowest BCUT2D eigenvalue weighted by molar-refractivity contribution is -0.140. The van der Waals surface area contributed by atoms with Crippen LogP contribution in [0.5, 0.6) is 0 Å². The molecular formula is C31H34Cl3N3O4S. The van der Waals surface area contributed by atoms with Gasteiger partial charge in [0.05, 0.1) is 11.9 Å². The molecule has 7 nitrogen and oxygen atoms in total. The number of aryl methyl sites for hydroxylation is 1. The Hall–Kier alpha value is -2.78. The third-order valence-electron chi connectivity index (χ3n) is 7.44. The summed E-state index contributed by atoms with van der Waals surface area (Å²) in [4.78, 5) is 29.6. The van der Waals surface area contributed by atoms with E-state index in [1.54, 1.807) is 43.3 Å². The summed E-state index contributed by atoms with van der Waals surface area (Å²) >= 11 is 18.8. The maximum atomic E-state index is 14.3. The first kappa shape index (κ1) is 32.1. The van der Waals surface area contributed by atoms with E-state index in [4.69, 9.17) is 34.8 Å². The Bertz CT molecular complexity index is 1530. The summed E-state index contributed by atoms with van der Waals surface area (Å²) in [6.45, 7) is 1.18. The van der Waals surface area contributed by atoms with Gasteiger partial charge in [-0.05, 0) is 66.8 Å². The van der Waals surface area contributed by atoms with Crippen LogP contribution in [-0.2, 0) is 32.6 Å². The molecule has 1 aliphatic rings. The number of benzene rings is 3. The number of hydrogen-bond donors (Lipinski definition) is 1. The van der Waals surface area contributed by atoms with Gasteiger partial charge in [0.25, 0.3) is 0 Å². The molecule has 0 saturated heterocycles. The van der Waals surface area contributed by atoms with Crippen molar-refractivity contribution < 1.29 is 18.0 Å². The molecule has 0 aliphatic heterocycles. The van der Waals surface area contributed by atoms with Crippen LogP contribution in [0.1, 0.15) is 42.4 Å². The third kappa shape index (κ3) is 8.40. The maximum Gasteiger partial charge on any atom is 0.244 e. The van der Waals surface area contributed by atoms with Gasteiger partial charge in [0, 0.05) is 34.1 Å². The van der Waals surface area contributed by atoms with E-state index in [1.807, 2.05) is 30.3 Å². The smallest absolute Gasteiger partial charge is 0.244 e. The van der Waals surface area contributed by atoms with E-state index in [1.165, 1.54) is 4.90 Å². The normalized spacial score (nSPS) is 14.4. The first-order chi connectivity index (χ1) is 19.9. The highest BCUT2D eigenvalue weighted by molar-refractivity contribution is 7.92. The van der Waals surface area contributed by atoms with E-state index in [-0.39, 0.29) is 24.9 Å². The summed E-state index contributed by atoms with van der Waals surface area (Å²) in [6.07, 6.45) is 5.08. The maximum absolute atomic E-state index is 14.3. The molecule has 1 aliphatic carbocycles. The van der Waals surface area contributed by atoms with Crippen molar-refractivity contribution in [3.8, 4) is 0 Å². The van der Waals surface area contributed by atoms with Crippen LogP contribution in [0.4, 0.5) is 5.69 Å². The SMILES string of the molecule is Cc1cc(Cl)ccc1N(CC(=O)N(Cc1ccc(Cl)cc1Cl)[C@H](Cc1ccccc1)C(=O)NC1CCCC1)S(C)(=O)=O. The van der Waals surface area contributed by atoms with E-state index in [0.717, 1.165) is 41.8 Å². The number of carbonyl (C=O) groups is 2. The number of carbonyl (C=O) groups excluding carboxylic acids is 2. The summed E-state index contributed by atoms with van der Waals surface area (Å²) in [5.41, 5.74) is 2.36. The molecule has 3 aromatic carbocycles. The van der Waals surface area contributed by atoms with Crippen molar-refractivity contribution in [1.29, 1.82) is 0 Å². The predicted molar refractivity (Wildman–Crippen MR) is 170 cm³/mol. The molecule has 2 amide bonds. The first-order valence-corrected chi connectivity index (χ1v) is 16.7. The predicted octanol–water partition coefficient (Wildman–Crippen LogP) is 6.42. The Morgan fingerprint density at radius 3 is 2.21 bits per heavy atom. The van der Waals surface area contributed by atoms with Crippen molar-refractivity contribution >= 4 is 62.3 Å². The van der Waals surface area contributed by atoms with Gasteiger partial charge in [-0.25, -0.2) is 8.42 Å². The molecule has 0 aromatic heterocycles. The summed E-state index contributed by atoms with van der Waals surface area (Å²) in [7, 11) is -3.89. The van der Waals surface area contributed by atoms with Crippen LogP contribution < -0.4 is 9.62 Å². The van der Waals surface area contributed by atoms with E-state index in [9.17, 15) is 18.0 Å². The number of amides is 2. The summed E-state index contributed by atoms with van der Waals surface area (Å²) in [5, 5.41) is 4.36. The van der Waals surface area contributed by atoms with Crippen LogP contribution in [0.15, 0.2) is 66.7 Å². The second kappa shape index (κ2) is 14.1. The van der Waals surface area contributed by atoms with E-state index in [0.29, 0.717) is 31.9 Å². The quantitative estimate of drug-likeness (QED) is 0.260. The number of nitrogens with one attached hydrogen (secondary N) is 1. The fraction of sp³-hybridized carbons (Fsp3) is 0.355. The Balaban J connectivity index is 1.76. The van der Waals surface area contributed by atoms with Gasteiger partial charge in [-0.3, -0.25) is 13.9 Å². The molecule has 0 spiro atoms. The Morgan fingerprint density at radius 1 is 0.952 bits per heavy atom. The zero-order valence-electron chi connectivity index (χ0n) is 23.5. The fourth-order valence-corrected chi connectivity index (χ4v) is 6.85. The zero-order valence-corrected chi connectivity index (χ0v) is 26.6. The molecule has 42 heavy (non-hydrogen) atoms. The molecule has 0 heterocycles. The fourth-order valence-electron chi connectivity index (χ4n) is 5.25. The average molecular weight is 651 g/mol. The minimum atomic E-state index is -3.89. The zero-order chi connectivity index (χ0) is 30.4. The highest BCUT2D eigenvalue weighted by atomic mass is 35.5. The van der Waals surface area contributed by atoms with Crippen molar-refractivity contribution in [3.05, 3.63) is 98.5 Å². The molecular weight excluding hydrogens is 617 g/mol. The molecule has 0 bridgehead atoms. The molecule has 1 fully saturated rings. The number of sulfonamides is 1. The van der Waals surface area contributed by atoms with Crippen LogP contribution in [-0.4, -0.2) is 50.0 Å². The van der Waals surface area contributed by atoms with Crippen LogP contribution >= 0.6 is 34.8 Å². The Labute approximate surface area is 262 Å². The molecule has 0 radical (unpaired) electrons. The monoisotopic (exact) mass is 649 g/mol. The molecule has 1 saturated carbocycles. The summed E-state index contributed by atoms with van der Waals surface area (Å²) < 4.78 is 27.1. The van der Waals surface area contributed by atoms with E-state index < -0.39 is 28.5 Å². The summed E-state index contributed by atoms with van der Waals surface area (Å²) in [6, 6.07) is 18.2. The number of hydrogen-bond acceptors (Lipinski definition) is 4. The van der Waals surface area contributed by atoms with Crippen molar-refractivity contribution in [3.63, 3.8) is 0 Å². The second-order valence-corrected chi connectivity index (χ2v) is 13.8. The van der Waals surface area contributed by atoms with Crippen molar-refractivity contribution in [1.82, 2.24) is 10.2 Å². The highest BCUT2D eigenvalue weighted by Crippen LogP contribution is 2.28. The number of anilines is 1. The van der Waals surface area contributed by atoms with Gasteiger partial charge in [-0.15, -0.1) is 0 Å². The second-order valence-electron chi connectivity index (χ2n) is 10.7. The van der Waals surface area contributed by atoms with Crippen LogP contribution in [0.3, 0.4) is 0 Å². The van der Waals surface area contributed by atoms with Crippen molar-refractivity contribution in [2.75, 3.05) is 17.1 Å². The van der Waals surface area contributed by atoms with Crippen LogP contribution in [0.25, 0.3) is 0 Å².